The lowest BCUT2D eigenvalue weighted by Crippen LogP contribution is -2.55. The third-order valence-corrected chi connectivity index (χ3v) is 7.84. The van der Waals surface area contributed by atoms with Crippen molar-refractivity contribution in [1.82, 2.24) is 0 Å². The molecule has 1 heterocycles. The highest BCUT2D eigenvalue weighted by atomic mass is 32.1. The van der Waals surface area contributed by atoms with Crippen molar-refractivity contribution in [2.24, 2.45) is 22.2 Å². The van der Waals surface area contributed by atoms with Crippen LogP contribution in [0.3, 0.4) is 0 Å². The van der Waals surface area contributed by atoms with E-state index in [-0.39, 0.29) is 0 Å². The minimum absolute atomic E-state index is 0.441. The average molecular weight is 350 g/mol. The summed E-state index contributed by atoms with van der Waals surface area (Å²) in [4.78, 5) is 6.22. The second-order valence-corrected chi connectivity index (χ2v) is 10.1. The molecule has 4 aliphatic rings. The van der Waals surface area contributed by atoms with Crippen LogP contribution in [0.5, 0.6) is 0 Å². The molecule has 1 nitrogen and oxygen atoms in total. The van der Waals surface area contributed by atoms with Gasteiger partial charge in [-0.1, -0.05) is 35.9 Å². The first kappa shape index (κ1) is 15.8. The average Bonchev–Trinajstić information content (AvgIpc) is 3.07. The molecule has 25 heavy (non-hydrogen) atoms. The molecule has 6 rings (SSSR count). The summed E-state index contributed by atoms with van der Waals surface area (Å²) in [6.45, 7) is 3.23. The molecule has 2 aromatic rings. The van der Waals surface area contributed by atoms with Crippen LogP contribution in [0.15, 0.2) is 46.8 Å². The van der Waals surface area contributed by atoms with E-state index in [1.807, 2.05) is 0 Å². The van der Waals surface area contributed by atoms with Gasteiger partial charge in [0.1, 0.15) is 0 Å². The number of rotatable bonds is 4. The van der Waals surface area contributed by atoms with E-state index in [0.717, 1.165) is 18.4 Å². The maximum absolute atomic E-state index is 4.93. The van der Waals surface area contributed by atoms with Crippen molar-refractivity contribution in [2.75, 3.05) is 6.54 Å². The van der Waals surface area contributed by atoms with Gasteiger partial charge >= 0.3 is 0 Å². The topological polar surface area (TPSA) is 12.4 Å². The van der Waals surface area contributed by atoms with E-state index in [0.29, 0.717) is 10.8 Å². The Hall–Kier alpha value is -1.41. The molecule has 0 saturated heterocycles. The summed E-state index contributed by atoms with van der Waals surface area (Å²) in [5, 5.41) is 2.14. The standard InChI is InChI=1S/C23H27NS/c1-17-4-6-20(7-5-17)23-12-18-9-19(13-23)11-22(10-18,15-23)16-24-14-21-3-2-8-25-21/h2-8,14,18-19H,9-13,15-16H2,1H3. The Morgan fingerprint density at radius 1 is 1.08 bits per heavy atom. The fourth-order valence-corrected chi connectivity index (χ4v) is 7.18. The van der Waals surface area contributed by atoms with Gasteiger partial charge in [0, 0.05) is 17.6 Å². The van der Waals surface area contributed by atoms with Crippen molar-refractivity contribution < 1.29 is 0 Å². The molecule has 4 aliphatic carbocycles. The van der Waals surface area contributed by atoms with Gasteiger partial charge in [0.25, 0.3) is 0 Å². The van der Waals surface area contributed by atoms with E-state index >= 15 is 0 Å². The molecule has 0 aliphatic heterocycles. The Morgan fingerprint density at radius 3 is 2.52 bits per heavy atom. The smallest absolute Gasteiger partial charge is 0.0448 e. The quantitative estimate of drug-likeness (QED) is 0.599. The summed E-state index contributed by atoms with van der Waals surface area (Å²) < 4.78 is 0. The Morgan fingerprint density at radius 2 is 1.84 bits per heavy atom. The lowest BCUT2D eigenvalue weighted by molar-refractivity contribution is -0.0663. The first-order valence-corrected chi connectivity index (χ1v) is 10.6. The largest absolute Gasteiger partial charge is 0.291 e. The SMILES string of the molecule is Cc1ccc(C23CC4CC(CC(CN=Cc5cccs5)(C4)C2)C3)cc1. The maximum Gasteiger partial charge on any atom is 0.0448 e. The number of hydrogen-bond donors (Lipinski definition) is 0. The van der Waals surface area contributed by atoms with Crippen LogP contribution in [0.25, 0.3) is 0 Å². The predicted octanol–water partition coefficient (Wildman–Crippen LogP) is 6.01. The zero-order valence-electron chi connectivity index (χ0n) is 15.1. The van der Waals surface area contributed by atoms with Gasteiger partial charge < -0.3 is 0 Å². The molecule has 0 radical (unpaired) electrons. The molecule has 0 spiro atoms. The highest BCUT2D eigenvalue weighted by molar-refractivity contribution is 7.11. The van der Waals surface area contributed by atoms with Crippen LogP contribution < -0.4 is 0 Å². The molecule has 2 heteroatoms. The molecule has 2 atom stereocenters. The van der Waals surface area contributed by atoms with Crippen molar-refractivity contribution in [3.63, 3.8) is 0 Å². The second kappa shape index (κ2) is 5.81. The molecule has 130 valence electrons. The van der Waals surface area contributed by atoms with E-state index in [1.165, 1.54) is 49.0 Å². The number of hydrogen-bond acceptors (Lipinski definition) is 2. The molecule has 4 fully saturated rings. The lowest BCUT2D eigenvalue weighted by atomic mass is 9.43. The van der Waals surface area contributed by atoms with Gasteiger partial charge in [-0.05, 0) is 85.1 Å². The maximum atomic E-state index is 4.93. The summed E-state index contributed by atoms with van der Waals surface area (Å²) in [5.41, 5.74) is 3.89. The predicted molar refractivity (Wildman–Crippen MR) is 107 cm³/mol. The van der Waals surface area contributed by atoms with Crippen molar-refractivity contribution in [3.05, 3.63) is 57.8 Å². The highest BCUT2D eigenvalue weighted by Crippen LogP contribution is 2.65. The van der Waals surface area contributed by atoms with Gasteiger partial charge in [-0.2, -0.15) is 0 Å². The number of nitrogens with zero attached hydrogens (tertiary/aromatic N) is 1. The van der Waals surface area contributed by atoms with Crippen LogP contribution in [0.2, 0.25) is 0 Å². The van der Waals surface area contributed by atoms with Crippen molar-refractivity contribution >= 4 is 17.6 Å². The molecule has 4 bridgehead atoms. The zero-order chi connectivity index (χ0) is 16.9. The Labute approximate surface area is 155 Å². The number of benzene rings is 1. The normalized spacial score (nSPS) is 36.4. The third-order valence-electron chi connectivity index (χ3n) is 7.03. The molecule has 0 amide bonds. The Balaban J connectivity index is 1.43. The van der Waals surface area contributed by atoms with Crippen molar-refractivity contribution in [3.8, 4) is 0 Å². The van der Waals surface area contributed by atoms with Crippen molar-refractivity contribution in [1.29, 1.82) is 0 Å². The van der Waals surface area contributed by atoms with E-state index in [9.17, 15) is 0 Å². The van der Waals surface area contributed by atoms with Crippen LogP contribution >= 0.6 is 11.3 Å². The van der Waals surface area contributed by atoms with E-state index < -0.39 is 0 Å². The summed E-state index contributed by atoms with van der Waals surface area (Å²) in [5.74, 6) is 1.86. The third kappa shape index (κ3) is 2.79. The molecular weight excluding hydrogens is 322 g/mol. The second-order valence-electron chi connectivity index (χ2n) is 9.09. The van der Waals surface area contributed by atoms with E-state index in [2.05, 4.69) is 54.9 Å². The lowest BCUT2D eigenvalue weighted by Gasteiger charge is -2.62. The molecular formula is C23H27NS. The number of aliphatic imine (C=N–C) groups is 1. The minimum atomic E-state index is 0.441. The summed E-state index contributed by atoms with van der Waals surface area (Å²) >= 11 is 1.79. The van der Waals surface area contributed by atoms with E-state index in [1.54, 1.807) is 16.9 Å². The van der Waals surface area contributed by atoms with Gasteiger partial charge in [-0.15, -0.1) is 11.3 Å². The zero-order valence-corrected chi connectivity index (χ0v) is 15.9. The summed E-state index contributed by atoms with van der Waals surface area (Å²) in [6.07, 6.45) is 10.6. The minimum Gasteiger partial charge on any atom is -0.291 e. The van der Waals surface area contributed by atoms with Crippen molar-refractivity contribution in [2.45, 2.75) is 50.9 Å². The van der Waals surface area contributed by atoms with Crippen LogP contribution in [0.1, 0.15) is 54.5 Å². The number of aryl methyl sites for hydroxylation is 1. The van der Waals surface area contributed by atoms with Crippen LogP contribution in [0.4, 0.5) is 0 Å². The van der Waals surface area contributed by atoms with Crippen LogP contribution in [0, 0.1) is 24.2 Å². The molecule has 1 aromatic heterocycles. The summed E-state index contributed by atoms with van der Waals surface area (Å²) in [7, 11) is 0. The first-order chi connectivity index (χ1) is 12.1. The first-order valence-electron chi connectivity index (χ1n) is 9.75. The number of thiophene rings is 1. The van der Waals surface area contributed by atoms with Crippen LogP contribution in [-0.2, 0) is 5.41 Å². The molecule has 0 N–H and O–H groups in total. The van der Waals surface area contributed by atoms with Gasteiger partial charge in [-0.3, -0.25) is 4.99 Å². The molecule has 2 unspecified atom stereocenters. The monoisotopic (exact) mass is 349 g/mol. The fourth-order valence-electron chi connectivity index (χ4n) is 6.58. The Kier molecular flexibility index (Phi) is 3.67. The van der Waals surface area contributed by atoms with E-state index in [4.69, 9.17) is 4.99 Å². The van der Waals surface area contributed by atoms with Gasteiger partial charge in [-0.25, -0.2) is 0 Å². The van der Waals surface area contributed by atoms with Gasteiger partial charge in [0.2, 0.25) is 0 Å². The Bertz CT molecular complexity index is 757. The fraction of sp³-hybridized carbons (Fsp3) is 0.522. The molecule has 4 saturated carbocycles. The van der Waals surface area contributed by atoms with Gasteiger partial charge in [0.05, 0.1) is 0 Å². The summed E-state index contributed by atoms with van der Waals surface area (Å²) in [6, 6.07) is 13.8. The van der Waals surface area contributed by atoms with Crippen LogP contribution in [-0.4, -0.2) is 12.8 Å². The highest BCUT2D eigenvalue weighted by Gasteiger charge is 2.57. The van der Waals surface area contributed by atoms with Gasteiger partial charge in [0.15, 0.2) is 0 Å². The molecule has 1 aromatic carbocycles.